The first kappa shape index (κ1) is 23.4. The fourth-order valence-electron chi connectivity index (χ4n) is 4.45. The van der Waals surface area contributed by atoms with Crippen LogP contribution in [0.4, 0.5) is 17.6 Å². The summed E-state index contributed by atoms with van der Waals surface area (Å²) in [5, 5.41) is 0.190. The molecule has 172 valence electrons. The van der Waals surface area contributed by atoms with E-state index >= 15 is 4.39 Å². The number of rotatable bonds is 5. The van der Waals surface area contributed by atoms with Crippen LogP contribution in [0, 0.1) is 5.92 Å². The average Bonchev–Trinajstić information content (AvgIpc) is 3.12. The molecule has 2 nitrogen and oxygen atoms in total. The first-order valence-electron chi connectivity index (χ1n) is 10.3. The van der Waals surface area contributed by atoms with Gasteiger partial charge in [-0.25, -0.2) is 4.39 Å². The molecule has 0 bridgehead atoms. The van der Waals surface area contributed by atoms with E-state index < -0.39 is 23.9 Å². The lowest BCUT2D eigenvalue weighted by Gasteiger charge is -2.45. The van der Waals surface area contributed by atoms with Crippen LogP contribution in [-0.2, 0) is 16.0 Å². The molecule has 2 aliphatic rings. The Hall–Kier alpha value is -1.76. The standard InChI is InChI=1S/C24H23Cl2F4NO/c1-15(2)11-31-13-22(27,14-31)18-5-3-16(4-6-18)17-10-23(32-12-17,24(28,29)30)19-7-20(25)9-21(26)8-19/h3-9,12,15H,10-11,13-14H2,1-2H3. The van der Waals surface area contributed by atoms with Gasteiger partial charge in [0.15, 0.2) is 5.67 Å². The van der Waals surface area contributed by atoms with Gasteiger partial charge in [-0.1, -0.05) is 61.3 Å². The predicted molar refractivity (Wildman–Crippen MR) is 118 cm³/mol. The zero-order valence-electron chi connectivity index (χ0n) is 17.6. The molecule has 0 amide bonds. The third kappa shape index (κ3) is 4.25. The van der Waals surface area contributed by atoms with Gasteiger partial charge in [-0.3, -0.25) is 4.90 Å². The third-order valence-electron chi connectivity index (χ3n) is 5.97. The van der Waals surface area contributed by atoms with E-state index in [9.17, 15) is 13.2 Å². The molecule has 2 aliphatic heterocycles. The topological polar surface area (TPSA) is 12.5 Å². The second-order valence-electron chi connectivity index (χ2n) is 9.03. The SMILES string of the molecule is CC(C)CN1CC(F)(c2ccc(C3=COC(c4cc(Cl)cc(Cl)c4)(C(F)(F)F)C3)cc2)C1. The summed E-state index contributed by atoms with van der Waals surface area (Å²) in [5.41, 5.74) is -2.72. The van der Waals surface area contributed by atoms with Crippen LogP contribution >= 0.6 is 23.2 Å². The molecule has 1 atom stereocenters. The van der Waals surface area contributed by atoms with E-state index in [-0.39, 0.29) is 15.6 Å². The molecule has 1 unspecified atom stereocenters. The fourth-order valence-corrected chi connectivity index (χ4v) is 4.98. The highest BCUT2D eigenvalue weighted by molar-refractivity contribution is 6.34. The molecule has 8 heteroatoms. The molecule has 32 heavy (non-hydrogen) atoms. The Morgan fingerprint density at radius 3 is 2.12 bits per heavy atom. The molecule has 1 fully saturated rings. The van der Waals surface area contributed by atoms with Gasteiger partial charge in [0.05, 0.1) is 6.26 Å². The van der Waals surface area contributed by atoms with Crippen molar-refractivity contribution in [3.8, 4) is 0 Å². The average molecular weight is 488 g/mol. The van der Waals surface area contributed by atoms with Crippen LogP contribution in [0.5, 0.6) is 0 Å². The zero-order chi connectivity index (χ0) is 23.3. The fraction of sp³-hybridized carbons (Fsp3) is 0.417. The first-order chi connectivity index (χ1) is 14.9. The maximum Gasteiger partial charge on any atom is 0.432 e. The quantitative estimate of drug-likeness (QED) is 0.408. The summed E-state index contributed by atoms with van der Waals surface area (Å²) < 4.78 is 62.9. The van der Waals surface area contributed by atoms with Crippen LogP contribution in [0.1, 0.15) is 37.0 Å². The second-order valence-corrected chi connectivity index (χ2v) is 9.90. The van der Waals surface area contributed by atoms with Gasteiger partial charge >= 0.3 is 6.18 Å². The van der Waals surface area contributed by atoms with E-state index in [0.29, 0.717) is 35.7 Å². The normalized spacial score (nSPS) is 23.1. The van der Waals surface area contributed by atoms with Crippen molar-refractivity contribution in [2.45, 2.75) is 37.7 Å². The lowest BCUT2D eigenvalue weighted by molar-refractivity contribution is -0.260. The Kier molecular flexibility index (Phi) is 6.02. The molecule has 4 rings (SSSR count). The Morgan fingerprint density at radius 2 is 1.59 bits per heavy atom. The van der Waals surface area contributed by atoms with Crippen molar-refractivity contribution in [3.05, 3.63) is 75.5 Å². The van der Waals surface area contributed by atoms with Gasteiger partial charge in [0, 0.05) is 41.7 Å². The Balaban J connectivity index is 1.54. The monoisotopic (exact) mass is 487 g/mol. The second kappa shape index (κ2) is 8.23. The largest absolute Gasteiger partial charge is 0.480 e. The number of benzene rings is 2. The molecule has 2 aromatic carbocycles. The molecule has 2 heterocycles. The van der Waals surface area contributed by atoms with Gasteiger partial charge in [-0.15, -0.1) is 0 Å². The number of hydrogen-bond donors (Lipinski definition) is 0. The first-order valence-corrected chi connectivity index (χ1v) is 11.1. The smallest absolute Gasteiger partial charge is 0.432 e. The number of ether oxygens (including phenoxy) is 1. The minimum atomic E-state index is -4.70. The molecule has 0 saturated carbocycles. The van der Waals surface area contributed by atoms with Crippen molar-refractivity contribution in [2.75, 3.05) is 19.6 Å². The van der Waals surface area contributed by atoms with Crippen molar-refractivity contribution in [1.82, 2.24) is 4.90 Å². The molecular formula is C24H23Cl2F4NO. The number of alkyl halides is 4. The highest BCUT2D eigenvalue weighted by Crippen LogP contribution is 2.53. The van der Waals surface area contributed by atoms with Gasteiger partial charge in [0.25, 0.3) is 0 Å². The Labute approximate surface area is 194 Å². The maximum absolute atomic E-state index is 15.2. The van der Waals surface area contributed by atoms with Crippen LogP contribution in [0.2, 0.25) is 10.0 Å². The van der Waals surface area contributed by atoms with Gasteiger partial charge in [0.1, 0.15) is 0 Å². The Bertz CT molecular complexity index is 1010. The van der Waals surface area contributed by atoms with E-state index in [1.165, 1.54) is 18.2 Å². The molecule has 2 aromatic rings. The highest BCUT2D eigenvalue weighted by atomic mass is 35.5. The van der Waals surface area contributed by atoms with Gasteiger partial charge < -0.3 is 4.74 Å². The summed E-state index contributed by atoms with van der Waals surface area (Å²) in [6.07, 6.45) is -4.01. The highest BCUT2D eigenvalue weighted by Gasteiger charge is 2.60. The van der Waals surface area contributed by atoms with Crippen molar-refractivity contribution < 1.29 is 22.3 Å². The van der Waals surface area contributed by atoms with E-state index in [2.05, 4.69) is 18.7 Å². The summed E-state index contributed by atoms with van der Waals surface area (Å²) in [5.74, 6) is 0.458. The number of hydrogen-bond acceptors (Lipinski definition) is 2. The van der Waals surface area contributed by atoms with Crippen molar-refractivity contribution in [2.24, 2.45) is 5.92 Å². The molecule has 0 aromatic heterocycles. The number of halogens is 6. The third-order valence-corrected chi connectivity index (χ3v) is 6.41. The van der Waals surface area contributed by atoms with Gasteiger partial charge in [-0.05, 0) is 40.8 Å². The van der Waals surface area contributed by atoms with Gasteiger partial charge in [0.2, 0.25) is 5.60 Å². The summed E-state index contributed by atoms with van der Waals surface area (Å²) in [4.78, 5) is 2.06. The van der Waals surface area contributed by atoms with E-state index in [1.807, 2.05) is 0 Å². The number of nitrogens with zero attached hydrogens (tertiary/aromatic N) is 1. The summed E-state index contributed by atoms with van der Waals surface area (Å²) in [7, 11) is 0. The van der Waals surface area contributed by atoms with E-state index in [1.54, 1.807) is 24.3 Å². The van der Waals surface area contributed by atoms with Crippen LogP contribution < -0.4 is 0 Å². The van der Waals surface area contributed by atoms with Crippen molar-refractivity contribution in [1.29, 1.82) is 0 Å². The van der Waals surface area contributed by atoms with Crippen molar-refractivity contribution in [3.63, 3.8) is 0 Å². The van der Waals surface area contributed by atoms with Crippen LogP contribution in [0.15, 0.2) is 48.7 Å². The van der Waals surface area contributed by atoms with Crippen LogP contribution in [0.3, 0.4) is 0 Å². The number of likely N-dealkylation sites (tertiary alicyclic amines) is 1. The van der Waals surface area contributed by atoms with E-state index in [4.69, 9.17) is 27.9 Å². The molecule has 0 aliphatic carbocycles. The van der Waals surface area contributed by atoms with E-state index in [0.717, 1.165) is 12.8 Å². The van der Waals surface area contributed by atoms with Crippen molar-refractivity contribution >= 4 is 28.8 Å². The van der Waals surface area contributed by atoms with Crippen LogP contribution in [-0.4, -0.2) is 30.7 Å². The lowest BCUT2D eigenvalue weighted by Crippen LogP contribution is -2.57. The maximum atomic E-state index is 15.2. The molecular weight excluding hydrogens is 465 g/mol. The molecule has 1 saturated heterocycles. The Morgan fingerprint density at radius 1 is 1.00 bits per heavy atom. The summed E-state index contributed by atoms with van der Waals surface area (Å²) in [6, 6.07) is 10.4. The minimum Gasteiger partial charge on any atom is -0.480 e. The minimum absolute atomic E-state index is 0.0952. The van der Waals surface area contributed by atoms with Crippen LogP contribution in [0.25, 0.3) is 5.57 Å². The molecule has 0 spiro atoms. The zero-order valence-corrected chi connectivity index (χ0v) is 19.2. The van der Waals surface area contributed by atoms with Gasteiger partial charge in [-0.2, -0.15) is 13.2 Å². The molecule has 0 radical (unpaired) electrons. The summed E-state index contributed by atoms with van der Waals surface area (Å²) in [6.45, 7) is 5.65. The lowest BCUT2D eigenvalue weighted by atomic mass is 9.84. The summed E-state index contributed by atoms with van der Waals surface area (Å²) >= 11 is 11.9. The molecule has 0 N–H and O–H groups in total. The predicted octanol–water partition coefficient (Wildman–Crippen LogP) is 7.35.